The molecule has 0 radical (unpaired) electrons. The van der Waals surface area contributed by atoms with E-state index < -0.39 is 5.69 Å². The lowest BCUT2D eigenvalue weighted by Gasteiger charge is -2.16. The SMILES string of the molecule is Cc1cc2nn(CC(=O)N(C)c3ccccc3)c(=O)n2c(Nc2ccc(C)c(F)c2)n1. The van der Waals surface area contributed by atoms with Crippen LogP contribution >= 0.6 is 0 Å². The molecule has 1 amide bonds. The van der Waals surface area contributed by atoms with Gasteiger partial charge in [0, 0.05) is 30.2 Å². The number of likely N-dealkylation sites (N-methyl/N-ethyl adjacent to an activating group) is 1. The Hall–Kier alpha value is -4.01. The van der Waals surface area contributed by atoms with Crippen molar-refractivity contribution in [1.29, 1.82) is 0 Å². The summed E-state index contributed by atoms with van der Waals surface area (Å²) >= 11 is 0. The van der Waals surface area contributed by atoms with Gasteiger partial charge in [0.15, 0.2) is 5.65 Å². The summed E-state index contributed by atoms with van der Waals surface area (Å²) in [6, 6.07) is 15.4. The highest BCUT2D eigenvalue weighted by molar-refractivity contribution is 5.92. The van der Waals surface area contributed by atoms with Crippen LogP contribution in [-0.4, -0.2) is 32.1 Å². The number of carbonyl (C=O) groups is 1. The monoisotopic (exact) mass is 420 g/mol. The molecule has 0 unspecified atom stereocenters. The fraction of sp³-hybridized carbons (Fsp3) is 0.182. The molecule has 0 saturated heterocycles. The van der Waals surface area contributed by atoms with Crippen LogP contribution in [0.2, 0.25) is 0 Å². The molecule has 9 heteroatoms. The van der Waals surface area contributed by atoms with Gasteiger partial charge in [-0.2, -0.15) is 0 Å². The molecule has 0 aliphatic carbocycles. The van der Waals surface area contributed by atoms with Crippen molar-refractivity contribution in [3.8, 4) is 0 Å². The number of benzene rings is 2. The number of aromatic nitrogens is 4. The zero-order chi connectivity index (χ0) is 22.1. The minimum atomic E-state index is -0.521. The maximum absolute atomic E-state index is 13.9. The quantitative estimate of drug-likeness (QED) is 0.537. The van der Waals surface area contributed by atoms with Gasteiger partial charge in [-0.1, -0.05) is 24.3 Å². The molecule has 1 N–H and O–H groups in total. The van der Waals surface area contributed by atoms with Crippen LogP contribution < -0.4 is 15.9 Å². The summed E-state index contributed by atoms with van der Waals surface area (Å²) < 4.78 is 16.3. The minimum absolute atomic E-state index is 0.193. The van der Waals surface area contributed by atoms with Crippen LogP contribution in [0, 0.1) is 19.7 Å². The van der Waals surface area contributed by atoms with Crippen LogP contribution in [0.15, 0.2) is 59.4 Å². The van der Waals surface area contributed by atoms with Crippen molar-refractivity contribution in [2.24, 2.45) is 0 Å². The zero-order valence-corrected chi connectivity index (χ0v) is 17.3. The summed E-state index contributed by atoms with van der Waals surface area (Å²) in [7, 11) is 1.64. The molecule has 0 atom stereocenters. The van der Waals surface area contributed by atoms with Gasteiger partial charge in [0.25, 0.3) is 0 Å². The largest absolute Gasteiger partial charge is 0.353 e. The molecule has 2 aromatic carbocycles. The number of aryl methyl sites for hydroxylation is 2. The van der Waals surface area contributed by atoms with Gasteiger partial charge in [-0.3, -0.25) is 4.79 Å². The molecule has 4 rings (SSSR count). The highest BCUT2D eigenvalue weighted by Gasteiger charge is 2.18. The number of carbonyl (C=O) groups excluding carboxylic acids is 1. The highest BCUT2D eigenvalue weighted by atomic mass is 19.1. The zero-order valence-electron chi connectivity index (χ0n) is 17.3. The molecule has 0 saturated carbocycles. The van der Waals surface area contributed by atoms with Crippen molar-refractivity contribution < 1.29 is 9.18 Å². The average molecular weight is 420 g/mol. The first-order valence-corrected chi connectivity index (χ1v) is 9.65. The molecule has 0 aliphatic rings. The maximum Gasteiger partial charge on any atom is 0.353 e. The summed E-state index contributed by atoms with van der Waals surface area (Å²) in [5, 5.41) is 7.26. The van der Waals surface area contributed by atoms with E-state index in [0.717, 1.165) is 4.68 Å². The standard InChI is InChI=1S/C22H21FN6O2/c1-14-9-10-16(12-18(14)23)25-21-24-15(2)11-19-26-28(22(31)29(19)21)13-20(30)27(3)17-7-5-4-6-8-17/h4-12H,13H2,1-3H3,(H,24,25). The number of hydrogen-bond acceptors (Lipinski definition) is 5. The van der Waals surface area contributed by atoms with Gasteiger partial charge in [0.1, 0.15) is 12.4 Å². The lowest BCUT2D eigenvalue weighted by atomic mass is 10.2. The number of anilines is 3. The van der Waals surface area contributed by atoms with E-state index in [0.29, 0.717) is 28.3 Å². The van der Waals surface area contributed by atoms with E-state index >= 15 is 0 Å². The van der Waals surface area contributed by atoms with Crippen molar-refractivity contribution in [2.75, 3.05) is 17.3 Å². The van der Waals surface area contributed by atoms with E-state index in [1.807, 2.05) is 18.2 Å². The second kappa shape index (κ2) is 8.02. The van der Waals surface area contributed by atoms with E-state index in [-0.39, 0.29) is 24.2 Å². The van der Waals surface area contributed by atoms with Gasteiger partial charge in [-0.25, -0.2) is 23.3 Å². The number of para-hydroxylation sites is 1. The minimum Gasteiger partial charge on any atom is -0.325 e. The third-order valence-corrected chi connectivity index (χ3v) is 4.93. The van der Waals surface area contributed by atoms with E-state index in [1.165, 1.54) is 15.4 Å². The first kappa shape index (κ1) is 20.3. The lowest BCUT2D eigenvalue weighted by molar-refractivity contribution is -0.119. The molecular formula is C22H21FN6O2. The maximum atomic E-state index is 13.9. The second-order valence-electron chi connectivity index (χ2n) is 7.23. The summed E-state index contributed by atoms with van der Waals surface area (Å²) in [4.78, 5) is 31.5. The summed E-state index contributed by atoms with van der Waals surface area (Å²) in [5.41, 5.74) is 2.11. The lowest BCUT2D eigenvalue weighted by Crippen LogP contribution is -2.34. The van der Waals surface area contributed by atoms with E-state index in [4.69, 9.17) is 0 Å². The normalized spacial score (nSPS) is 11.0. The van der Waals surface area contributed by atoms with Crippen LogP contribution in [0.1, 0.15) is 11.3 Å². The smallest absolute Gasteiger partial charge is 0.325 e. The molecule has 2 heterocycles. The van der Waals surface area contributed by atoms with Crippen LogP contribution in [0.4, 0.5) is 21.7 Å². The Kier molecular flexibility index (Phi) is 5.24. The Morgan fingerprint density at radius 3 is 2.58 bits per heavy atom. The number of nitrogens with one attached hydrogen (secondary N) is 1. The molecule has 0 bridgehead atoms. The van der Waals surface area contributed by atoms with Crippen LogP contribution in [0.25, 0.3) is 5.65 Å². The van der Waals surface area contributed by atoms with Crippen molar-refractivity contribution in [2.45, 2.75) is 20.4 Å². The Morgan fingerprint density at radius 1 is 1.13 bits per heavy atom. The number of hydrogen-bond donors (Lipinski definition) is 1. The van der Waals surface area contributed by atoms with Gasteiger partial charge < -0.3 is 10.2 Å². The number of fused-ring (bicyclic) bond motifs is 1. The summed E-state index contributed by atoms with van der Waals surface area (Å²) in [5.74, 6) is -0.471. The van der Waals surface area contributed by atoms with E-state index in [9.17, 15) is 14.0 Å². The summed E-state index contributed by atoms with van der Waals surface area (Å²) in [6.07, 6.45) is 0. The van der Waals surface area contributed by atoms with Crippen molar-refractivity contribution in [3.05, 3.63) is 82.2 Å². The topological polar surface area (TPSA) is 84.5 Å². The number of rotatable bonds is 5. The fourth-order valence-corrected chi connectivity index (χ4v) is 3.17. The Bertz CT molecular complexity index is 1330. The van der Waals surface area contributed by atoms with Gasteiger partial charge in [-0.15, -0.1) is 5.10 Å². The van der Waals surface area contributed by atoms with Crippen LogP contribution in [0.3, 0.4) is 0 Å². The molecule has 0 spiro atoms. The third kappa shape index (κ3) is 4.02. The summed E-state index contributed by atoms with van der Waals surface area (Å²) in [6.45, 7) is 3.20. The van der Waals surface area contributed by atoms with Gasteiger partial charge in [0.2, 0.25) is 11.9 Å². The second-order valence-corrected chi connectivity index (χ2v) is 7.23. The predicted octanol–water partition coefficient (Wildman–Crippen LogP) is 3.05. The first-order chi connectivity index (χ1) is 14.8. The van der Waals surface area contributed by atoms with Crippen LogP contribution in [-0.2, 0) is 11.3 Å². The van der Waals surface area contributed by atoms with Crippen LogP contribution in [0.5, 0.6) is 0 Å². The average Bonchev–Trinajstić information content (AvgIpc) is 3.05. The van der Waals surface area contributed by atoms with Crippen molar-refractivity contribution in [1.82, 2.24) is 19.2 Å². The highest BCUT2D eigenvalue weighted by Crippen LogP contribution is 2.19. The Morgan fingerprint density at radius 2 is 1.87 bits per heavy atom. The van der Waals surface area contributed by atoms with E-state index in [1.54, 1.807) is 51.2 Å². The molecular weight excluding hydrogens is 399 g/mol. The molecule has 4 aromatic rings. The van der Waals surface area contributed by atoms with Crippen molar-refractivity contribution >= 4 is 28.9 Å². The van der Waals surface area contributed by atoms with Gasteiger partial charge >= 0.3 is 5.69 Å². The fourth-order valence-electron chi connectivity index (χ4n) is 3.17. The molecule has 158 valence electrons. The van der Waals surface area contributed by atoms with E-state index in [2.05, 4.69) is 15.4 Å². The van der Waals surface area contributed by atoms with Gasteiger partial charge in [0.05, 0.1) is 0 Å². The molecule has 8 nitrogen and oxygen atoms in total. The van der Waals surface area contributed by atoms with Gasteiger partial charge in [-0.05, 0) is 43.7 Å². The molecule has 0 fully saturated rings. The Labute approximate surface area is 177 Å². The number of nitrogens with zero attached hydrogens (tertiary/aromatic N) is 5. The molecule has 2 aromatic heterocycles. The molecule has 0 aliphatic heterocycles. The molecule has 31 heavy (non-hydrogen) atoms. The van der Waals surface area contributed by atoms with Crippen molar-refractivity contribution in [3.63, 3.8) is 0 Å². The Balaban J connectivity index is 1.68. The predicted molar refractivity (Wildman–Crippen MR) is 116 cm³/mol. The number of halogens is 1. The third-order valence-electron chi connectivity index (χ3n) is 4.93. The first-order valence-electron chi connectivity index (χ1n) is 9.65. The number of amides is 1.